The third-order valence-electron chi connectivity index (χ3n) is 4.81. The smallest absolute Gasteiger partial charge is 0.263 e. The lowest BCUT2D eigenvalue weighted by atomic mass is 10.00. The van der Waals surface area contributed by atoms with E-state index < -0.39 is 0 Å². The minimum atomic E-state index is 0.0609. The molecule has 26 heavy (non-hydrogen) atoms. The first-order valence-corrected chi connectivity index (χ1v) is 8.98. The molecule has 4 aromatic rings. The summed E-state index contributed by atoms with van der Waals surface area (Å²) < 4.78 is 1.85. The molecule has 0 unspecified atom stereocenters. The predicted molar refractivity (Wildman–Crippen MR) is 105 cm³/mol. The Morgan fingerprint density at radius 1 is 1.00 bits per heavy atom. The SMILES string of the molecule is CCc1cc2cccc(CCc3ccn[nH]3)c2c(=O)n1-c1ccccc1. The van der Waals surface area contributed by atoms with Crippen LogP contribution in [0.4, 0.5) is 0 Å². The highest BCUT2D eigenvalue weighted by Gasteiger charge is 2.13. The summed E-state index contributed by atoms with van der Waals surface area (Å²) in [5.41, 5.74) is 4.16. The number of H-pyrrole nitrogens is 1. The molecule has 2 aromatic heterocycles. The Morgan fingerprint density at radius 2 is 1.85 bits per heavy atom. The zero-order valence-corrected chi connectivity index (χ0v) is 14.8. The van der Waals surface area contributed by atoms with E-state index in [1.54, 1.807) is 6.20 Å². The summed E-state index contributed by atoms with van der Waals surface area (Å²) in [4.78, 5) is 13.4. The van der Waals surface area contributed by atoms with Crippen LogP contribution in [-0.2, 0) is 19.3 Å². The lowest BCUT2D eigenvalue weighted by Gasteiger charge is -2.15. The molecule has 0 radical (unpaired) electrons. The van der Waals surface area contributed by atoms with Gasteiger partial charge in [-0.3, -0.25) is 14.5 Å². The van der Waals surface area contributed by atoms with E-state index in [2.05, 4.69) is 29.3 Å². The first-order chi connectivity index (χ1) is 12.8. The van der Waals surface area contributed by atoms with E-state index >= 15 is 0 Å². The van der Waals surface area contributed by atoms with E-state index in [1.165, 1.54) is 0 Å². The maximum atomic E-state index is 13.4. The number of hydrogen-bond donors (Lipinski definition) is 1. The second kappa shape index (κ2) is 7.00. The fourth-order valence-electron chi connectivity index (χ4n) is 3.51. The highest BCUT2D eigenvalue weighted by Crippen LogP contribution is 2.21. The van der Waals surface area contributed by atoms with Gasteiger partial charge in [0.1, 0.15) is 0 Å². The summed E-state index contributed by atoms with van der Waals surface area (Å²) in [5.74, 6) is 0. The van der Waals surface area contributed by atoms with Gasteiger partial charge in [0.05, 0.1) is 5.39 Å². The minimum absolute atomic E-state index is 0.0609. The molecule has 2 heterocycles. The number of rotatable bonds is 5. The van der Waals surface area contributed by atoms with Gasteiger partial charge in [0, 0.05) is 23.3 Å². The lowest BCUT2D eigenvalue weighted by Crippen LogP contribution is -2.23. The number of aromatic nitrogens is 3. The third kappa shape index (κ3) is 2.94. The summed E-state index contributed by atoms with van der Waals surface area (Å²) in [6.45, 7) is 2.09. The standard InChI is InChI=1S/C22H21N3O/c1-2-19-15-17-8-6-7-16(11-12-18-13-14-23-24-18)21(17)22(26)25(19)20-9-4-3-5-10-20/h3-10,13-15H,2,11-12H2,1H3,(H,23,24). The van der Waals surface area contributed by atoms with E-state index in [1.807, 2.05) is 53.1 Å². The van der Waals surface area contributed by atoms with Gasteiger partial charge >= 0.3 is 0 Å². The Kier molecular flexibility index (Phi) is 4.40. The Morgan fingerprint density at radius 3 is 2.58 bits per heavy atom. The largest absolute Gasteiger partial charge is 0.283 e. The zero-order chi connectivity index (χ0) is 17.9. The number of fused-ring (bicyclic) bond motifs is 1. The highest BCUT2D eigenvalue weighted by molar-refractivity contribution is 5.85. The third-order valence-corrected chi connectivity index (χ3v) is 4.81. The van der Waals surface area contributed by atoms with Crippen LogP contribution in [-0.4, -0.2) is 14.8 Å². The van der Waals surface area contributed by atoms with Crippen molar-refractivity contribution in [3.05, 3.63) is 94.2 Å². The van der Waals surface area contributed by atoms with Gasteiger partial charge in [-0.1, -0.05) is 43.3 Å². The summed E-state index contributed by atoms with van der Waals surface area (Å²) >= 11 is 0. The molecule has 4 rings (SSSR count). The molecule has 130 valence electrons. The highest BCUT2D eigenvalue weighted by atomic mass is 16.1. The summed E-state index contributed by atoms with van der Waals surface area (Å²) in [6.07, 6.45) is 4.20. The van der Waals surface area contributed by atoms with Gasteiger partial charge in [0.15, 0.2) is 0 Å². The summed E-state index contributed by atoms with van der Waals surface area (Å²) in [6, 6.07) is 20.1. The van der Waals surface area contributed by atoms with Crippen molar-refractivity contribution in [2.75, 3.05) is 0 Å². The van der Waals surface area contributed by atoms with Gasteiger partial charge < -0.3 is 0 Å². The first kappa shape index (κ1) is 16.3. The molecule has 2 aromatic carbocycles. The molecule has 0 saturated heterocycles. The van der Waals surface area contributed by atoms with Crippen molar-refractivity contribution in [1.82, 2.24) is 14.8 Å². The summed E-state index contributed by atoms with van der Waals surface area (Å²) in [5, 5.41) is 8.82. The molecule has 0 bridgehead atoms. The van der Waals surface area contributed by atoms with Crippen LogP contribution in [0.25, 0.3) is 16.5 Å². The maximum Gasteiger partial charge on any atom is 0.263 e. The van der Waals surface area contributed by atoms with Crippen LogP contribution in [0.3, 0.4) is 0 Å². The van der Waals surface area contributed by atoms with Crippen LogP contribution in [0.1, 0.15) is 23.9 Å². The van der Waals surface area contributed by atoms with Crippen LogP contribution >= 0.6 is 0 Å². The van der Waals surface area contributed by atoms with Gasteiger partial charge in [0.25, 0.3) is 5.56 Å². The molecule has 0 atom stereocenters. The van der Waals surface area contributed by atoms with Crippen LogP contribution in [0.5, 0.6) is 0 Å². The van der Waals surface area contributed by atoms with Crippen molar-refractivity contribution in [1.29, 1.82) is 0 Å². The Hall–Kier alpha value is -3.14. The number of pyridine rings is 1. The number of aryl methyl sites for hydroxylation is 3. The molecule has 0 aliphatic carbocycles. The van der Waals surface area contributed by atoms with Crippen molar-refractivity contribution in [3.63, 3.8) is 0 Å². The Balaban J connectivity index is 1.88. The number of hydrogen-bond acceptors (Lipinski definition) is 2. The van der Waals surface area contributed by atoms with Crippen LogP contribution in [0.15, 0.2) is 71.7 Å². The van der Waals surface area contributed by atoms with Crippen LogP contribution in [0.2, 0.25) is 0 Å². The number of benzene rings is 2. The monoisotopic (exact) mass is 343 g/mol. The van der Waals surface area contributed by atoms with E-state index in [-0.39, 0.29) is 5.56 Å². The van der Waals surface area contributed by atoms with Crippen LogP contribution in [0, 0.1) is 0 Å². The number of aromatic amines is 1. The van der Waals surface area contributed by atoms with Crippen molar-refractivity contribution < 1.29 is 0 Å². The van der Waals surface area contributed by atoms with Crippen molar-refractivity contribution in [2.24, 2.45) is 0 Å². The molecule has 4 nitrogen and oxygen atoms in total. The number of para-hydroxylation sites is 1. The molecule has 0 saturated carbocycles. The van der Waals surface area contributed by atoms with E-state index in [9.17, 15) is 4.79 Å². The molecule has 1 N–H and O–H groups in total. The van der Waals surface area contributed by atoms with Gasteiger partial charge in [-0.25, -0.2) is 0 Å². The molecule has 4 heteroatoms. The topological polar surface area (TPSA) is 50.7 Å². The fraction of sp³-hybridized carbons (Fsp3) is 0.182. The fourth-order valence-corrected chi connectivity index (χ4v) is 3.51. The normalized spacial score (nSPS) is 11.1. The number of nitrogens with zero attached hydrogens (tertiary/aromatic N) is 2. The van der Waals surface area contributed by atoms with Gasteiger partial charge in [-0.05, 0) is 54.5 Å². The van der Waals surface area contributed by atoms with Gasteiger partial charge in [-0.15, -0.1) is 0 Å². The van der Waals surface area contributed by atoms with Gasteiger partial charge in [0.2, 0.25) is 0 Å². The predicted octanol–water partition coefficient (Wildman–Crippen LogP) is 4.06. The molecular weight excluding hydrogens is 322 g/mol. The molecule has 0 fully saturated rings. The van der Waals surface area contributed by atoms with E-state index in [0.717, 1.165) is 52.7 Å². The molecule has 0 aliphatic heterocycles. The summed E-state index contributed by atoms with van der Waals surface area (Å²) in [7, 11) is 0. The van der Waals surface area contributed by atoms with Crippen molar-refractivity contribution in [2.45, 2.75) is 26.2 Å². The van der Waals surface area contributed by atoms with Gasteiger partial charge in [-0.2, -0.15) is 5.10 Å². The average Bonchev–Trinajstić information content (AvgIpc) is 3.20. The van der Waals surface area contributed by atoms with Crippen molar-refractivity contribution in [3.8, 4) is 5.69 Å². The Bertz CT molecular complexity index is 1080. The van der Waals surface area contributed by atoms with Crippen molar-refractivity contribution >= 4 is 10.8 Å². The minimum Gasteiger partial charge on any atom is -0.283 e. The molecule has 0 spiro atoms. The zero-order valence-electron chi connectivity index (χ0n) is 14.8. The molecule has 0 amide bonds. The Labute approximate surface area is 152 Å². The second-order valence-electron chi connectivity index (χ2n) is 6.43. The van der Waals surface area contributed by atoms with E-state index in [4.69, 9.17) is 0 Å². The maximum absolute atomic E-state index is 13.4. The van der Waals surface area contributed by atoms with E-state index in [0.29, 0.717) is 0 Å². The van der Waals surface area contributed by atoms with Crippen LogP contribution < -0.4 is 5.56 Å². The lowest BCUT2D eigenvalue weighted by molar-refractivity contribution is 0.876. The number of nitrogens with one attached hydrogen (secondary N) is 1. The second-order valence-corrected chi connectivity index (χ2v) is 6.43. The first-order valence-electron chi connectivity index (χ1n) is 8.98. The molecule has 0 aliphatic rings. The quantitative estimate of drug-likeness (QED) is 0.594. The molecular formula is C22H21N3O. The average molecular weight is 343 g/mol.